The molecule has 0 bridgehead atoms. The van der Waals surface area contributed by atoms with Gasteiger partial charge in [0.15, 0.2) is 0 Å². The van der Waals surface area contributed by atoms with Gasteiger partial charge in [0.2, 0.25) is 0 Å². The lowest BCUT2D eigenvalue weighted by atomic mass is 9.99. The summed E-state index contributed by atoms with van der Waals surface area (Å²) in [5.41, 5.74) is 0.581. The smallest absolute Gasteiger partial charge is 0.257 e. The van der Waals surface area contributed by atoms with Crippen LogP contribution in [0.3, 0.4) is 0 Å². The maximum atomic E-state index is 12.2. The Hall–Kier alpha value is -1.29. The molecule has 1 aliphatic heterocycles. The summed E-state index contributed by atoms with van der Waals surface area (Å²) in [5, 5.41) is 0. The summed E-state index contributed by atoms with van der Waals surface area (Å²) >= 11 is 0. The van der Waals surface area contributed by atoms with Gasteiger partial charge in [0.25, 0.3) is 5.91 Å². The highest BCUT2D eigenvalue weighted by Gasteiger charge is 2.40. The molecule has 4 heteroatoms. The predicted octanol–water partition coefficient (Wildman–Crippen LogP) is 2.06. The van der Waals surface area contributed by atoms with E-state index in [4.69, 9.17) is 9.15 Å². The molecule has 1 spiro atoms. The Balaban J connectivity index is 1.73. The molecule has 0 radical (unpaired) electrons. The third kappa shape index (κ3) is 1.97. The fourth-order valence-electron chi connectivity index (χ4n) is 2.91. The number of morpholine rings is 1. The van der Waals surface area contributed by atoms with Crippen molar-refractivity contribution in [2.75, 3.05) is 19.7 Å². The van der Waals surface area contributed by atoms with Gasteiger partial charge in [-0.3, -0.25) is 4.79 Å². The lowest BCUT2D eigenvalue weighted by Crippen LogP contribution is -2.52. The second kappa shape index (κ2) is 4.18. The first-order valence-corrected chi connectivity index (χ1v) is 6.25. The van der Waals surface area contributed by atoms with E-state index in [1.165, 1.54) is 19.1 Å². The van der Waals surface area contributed by atoms with Gasteiger partial charge in [0.1, 0.15) is 6.26 Å². The zero-order valence-electron chi connectivity index (χ0n) is 9.85. The molecule has 0 atom stereocenters. The summed E-state index contributed by atoms with van der Waals surface area (Å²) in [6, 6.07) is 1.72. The molecule has 1 aromatic heterocycles. The van der Waals surface area contributed by atoms with Crippen molar-refractivity contribution in [1.29, 1.82) is 0 Å². The van der Waals surface area contributed by atoms with Gasteiger partial charge in [-0.15, -0.1) is 0 Å². The van der Waals surface area contributed by atoms with Crippen LogP contribution >= 0.6 is 0 Å². The maximum Gasteiger partial charge on any atom is 0.257 e. The van der Waals surface area contributed by atoms with Crippen molar-refractivity contribution in [3.05, 3.63) is 24.2 Å². The standard InChI is InChI=1S/C13H17NO3/c15-12(11-3-7-16-9-11)14-6-8-17-13(10-14)4-1-2-5-13/h3,7,9H,1-2,4-6,8,10H2. The van der Waals surface area contributed by atoms with Gasteiger partial charge in [-0.25, -0.2) is 0 Å². The van der Waals surface area contributed by atoms with Gasteiger partial charge in [-0.05, 0) is 18.9 Å². The van der Waals surface area contributed by atoms with Crippen LogP contribution in [0.25, 0.3) is 0 Å². The van der Waals surface area contributed by atoms with E-state index in [9.17, 15) is 4.79 Å². The van der Waals surface area contributed by atoms with Gasteiger partial charge in [0.05, 0.1) is 30.6 Å². The van der Waals surface area contributed by atoms with E-state index in [0.29, 0.717) is 18.7 Å². The minimum atomic E-state index is -0.0579. The van der Waals surface area contributed by atoms with Gasteiger partial charge in [-0.1, -0.05) is 12.8 Å². The van der Waals surface area contributed by atoms with Crippen LogP contribution in [0.15, 0.2) is 23.0 Å². The average Bonchev–Trinajstić information content (AvgIpc) is 3.00. The zero-order chi connectivity index (χ0) is 11.7. The molecule has 1 aromatic rings. The molecule has 3 rings (SSSR count). The number of furan rings is 1. The maximum absolute atomic E-state index is 12.2. The first-order valence-electron chi connectivity index (χ1n) is 6.25. The number of carbonyl (C=O) groups is 1. The van der Waals surface area contributed by atoms with Crippen molar-refractivity contribution < 1.29 is 13.9 Å². The van der Waals surface area contributed by atoms with Crippen LogP contribution in [0.2, 0.25) is 0 Å². The first kappa shape index (κ1) is 10.8. The number of ether oxygens (including phenoxy) is 1. The van der Waals surface area contributed by atoms with Crippen LogP contribution < -0.4 is 0 Å². The summed E-state index contributed by atoms with van der Waals surface area (Å²) in [5.74, 6) is 0.0633. The third-order valence-corrected chi connectivity index (χ3v) is 3.82. The summed E-state index contributed by atoms with van der Waals surface area (Å²) in [6.45, 7) is 2.08. The molecule has 17 heavy (non-hydrogen) atoms. The minimum Gasteiger partial charge on any atom is -0.472 e. The topological polar surface area (TPSA) is 42.7 Å². The number of hydrogen-bond donors (Lipinski definition) is 0. The molecule has 0 N–H and O–H groups in total. The van der Waals surface area contributed by atoms with Crippen molar-refractivity contribution in [1.82, 2.24) is 4.90 Å². The van der Waals surface area contributed by atoms with E-state index in [1.807, 2.05) is 4.90 Å². The molecule has 0 unspecified atom stereocenters. The molecule has 1 saturated carbocycles. The Bertz CT molecular complexity index is 393. The molecule has 1 aliphatic carbocycles. The van der Waals surface area contributed by atoms with Crippen LogP contribution in [-0.4, -0.2) is 36.1 Å². The first-order chi connectivity index (χ1) is 8.29. The number of carbonyl (C=O) groups excluding carboxylic acids is 1. The molecule has 2 aliphatic rings. The van der Waals surface area contributed by atoms with Crippen molar-refractivity contribution >= 4 is 5.91 Å². The molecule has 1 amide bonds. The number of nitrogens with zero attached hydrogens (tertiary/aromatic N) is 1. The molecular formula is C13H17NO3. The fourth-order valence-corrected chi connectivity index (χ4v) is 2.91. The lowest BCUT2D eigenvalue weighted by molar-refractivity contribution is -0.0948. The Labute approximate surface area is 101 Å². The predicted molar refractivity (Wildman–Crippen MR) is 61.8 cm³/mol. The summed E-state index contributed by atoms with van der Waals surface area (Å²) in [6.07, 6.45) is 7.66. The molecular weight excluding hydrogens is 218 g/mol. The molecule has 2 fully saturated rings. The second-order valence-corrected chi connectivity index (χ2v) is 4.98. The van der Waals surface area contributed by atoms with E-state index in [2.05, 4.69) is 0 Å². The van der Waals surface area contributed by atoms with Crippen molar-refractivity contribution in [2.24, 2.45) is 0 Å². The van der Waals surface area contributed by atoms with E-state index in [1.54, 1.807) is 12.3 Å². The van der Waals surface area contributed by atoms with Crippen LogP contribution in [0.5, 0.6) is 0 Å². The van der Waals surface area contributed by atoms with Gasteiger partial charge in [0, 0.05) is 6.54 Å². The van der Waals surface area contributed by atoms with Gasteiger partial charge < -0.3 is 14.1 Å². The molecule has 0 aromatic carbocycles. The Morgan fingerprint density at radius 3 is 2.88 bits per heavy atom. The highest BCUT2D eigenvalue weighted by molar-refractivity contribution is 5.93. The minimum absolute atomic E-state index is 0.0579. The quantitative estimate of drug-likeness (QED) is 0.748. The highest BCUT2D eigenvalue weighted by Crippen LogP contribution is 2.36. The average molecular weight is 235 g/mol. The van der Waals surface area contributed by atoms with E-state index in [0.717, 1.165) is 19.4 Å². The molecule has 1 saturated heterocycles. The Kier molecular flexibility index (Phi) is 2.67. The normalized spacial score (nSPS) is 23.2. The Morgan fingerprint density at radius 1 is 1.35 bits per heavy atom. The Morgan fingerprint density at radius 2 is 2.18 bits per heavy atom. The number of hydrogen-bond acceptors (Lipinski definition) is 3. The number of rotatable bonds is 1. The fraction of sp³-hybridized carbons (Fsp3) is 0.615. The van der Waals surface area contributed by atoms with E-state index >= 15 is 0 Å². The third-order valence-electron chi connectivity index (χ3n) is 3.82. The summed E-state index contributed by atoms with van der Waals surface area (Å²) in [7, 11) is 0. The second-order valence-electron chi connectivity index (χ2n) is 4.98. The zero-order valence-corrected chi connectivity index (χ0v) is 9.85. The van der Waals surface area contributed by atoms with Crippen molar-refractivity contribution in [3.63, 3.8) is 0 Å². The van der Waals surface area contributed by atoms with Crippen LogP contribution in [0.4, 0.5) is 0 Å². The lowest BCUT2D eigenvalue weighted by Gasteiger charge is -2.40. The number of amides is 1. The largest absolute Gasteiger partial charge is 0.472 e. The molecule has 92 valence electrons. The van der Waals surface area contributed by atoms with Crippen LogP contribution in [0, 0.1) is 0 Å². The van der Waals surface area contributed by atoms with Crippen LogP contribution in [0.1, 0.15) is 36.0 Å². The molecule has 2 heterocycles. The monoisotopic (exact) mass is 235 g/mol. The van der Waals surface area contributed by atoms with E-state index < -0.39 is 0 Å². The highest BCUT2D eigenvalue weighted by atomic mass is 16.5. The SMILES string of the molecule is O=C(c1ccoc1)N1CCOC2(CCCC2)C1. The van der Waals surface area contributed by atoms with Crippen molar-refractivity contribution in [2.45, 2.75) is 31.3 Å². The van der Waals surface area contributed by atoms with Crippen molar-refractivity contribution in [3.8, 4) is 0 Å². The van der Waals surface area contributed by atoms with Gasteiger partial charge >= 0.3 is 0 Å². The van der Waals surface area contributed by atoms with Gasteiger partial charge in [-0.2, -0.15) is 0 Å². The van der Waals surface area contributed by atoms with E-state index in [-0.39, 0.29) is 11.5 Å². The van der Waals surface area contributed by atoms with Crippen LogP contribution in [-0.2, 0) is 4.74 Å². The summed E-state index contributed by atoms with van der Waals surface area (Å²) in [4.78, 5) is 14.1. The molecule has 4 nitrogen and oxygen atoms in total. The summed E-state index contributed by atoms with van der Waals surface area (Å²) < 4.78 is 10.9.